The van der Waals surface area contributed by atoms with E-state index in [-0.39, 0.29) is 36.3 Å². The lowest BCUT2D eigenvalue weighted by Gasteiger charge is -2.18. The molecule has 0 bridgehead atoms. The maximum absolute atomic E-state index is 14.1. The number of benzene rings is 2. The number of halogens is 2. The van der Waals surface area contributed by atoms with Gasteiger partial charge in [0.05, 0.1) is 11.5 Å². The monoisotopic (exact) mass is 386 g/mol. The minimum Gasteiger partial charge on any atom is -0.356 e. The molecule has 0 spiro atoms. The van der Waals surface area contributed by atoms with Crippen LogP contribution in [-0.2, 0) is 4.79 Å². The van der Waals surface area contributed by atoms with Gasteiger partial charge in [-0.3, -0.25) is 9.59 Å². The van der Waals surface area contributed by atoms with E-state index in [0.717, 1.165) is 12.8 Å². The van der Waals surface area contributed by atoms with Crippen molar-refractivity contribution in [3.63, 3.8) is 0 Å². The summed E-state index contributed by atoms with van der Waals surface area (Å²) < 4.78 is 27.8. The molecule has 2 amide bonds. The predicted molar refractivity (Wildman–Crippen MR) is 103 cm³/mol. The third kappa shape index (κ3) is 4.38. The molecule has 1 aliphatic heterocycles. The fourth-order valence-electron chi connectivity index (χ4n) is 3.63. The van der Waals surface area contributed by atoms with Crippen LogP contribution in [0, 0.1) is 17.6 Å². The van der Waals surface area contributed by atoms with Crippen LogP contribution in [0.15, 0.2) is 48.5 Å². The summed E-state index contributed by atoms with van der Waals surface area (Å²) in [6, 6.07) is 11.9. The quantitative estimate of drug-likeness (QED) is 0.769. The van der Waals surface area contributed by atoms with Crippen LogP contribution in [0.4, 0.5) is 8.78 Å². The molecule has 2 unspecified atom stereocenters. The Morgan fingerprint density at radius 3 is 2.61 bits per heavy atom. The zero-order valence-corrected chi connectivity index (χ0v) is 15.8. The molecule has 1 fully saturated rings. The molecule has 1 heterocycles. The number of nitrogens with zero attached hydrogens (tertiary/aromatic N) is 1. The molecule has 0 aromatic heterocycles. The molecule has 1 N–H and O–H groups in total. The van der Waals surface area contributed by atoms with E-state index in [1.54, 1.807) is 18.2 Å². The first-order chi connectivity index (χ1) is 13.5. The van der Waals surface area contributed by atoms with Crippen LogP contribution in [0.5, 0.6) is 0 Å². The number of hydrogen-bond acceptors (Lipinski definition) is 2. The van der Waals surface area contributed by atoms with E-state index < -0.39 is 17.6 Å². The van der Waals surface area contributed by atoms with Crippen LogP contribution in [0.25, 0.3) is 0 Å². The maximum Gasteiger partial charge on any atom is 0.256 e. The molecule has 0 radical (unpaired) electrons. The predicted octanol–water partition coefficient (Wildman–Crippen LogP) is 3.74. The van der Waals surface area contributed by atoms with Gasteiger partial charge in [-0.1, -0.05) is 37.6 Å². The summed E-state index contributed by atoms with van der Waals surface area (Å²) in [5, 5.41) is 2.91. The van der Waals surface area contributed by atoms with Gasteiger partial charge in [0.1, 0.15) is 11.6 Å². The highest BCUT2D eigenvalue weighted by Gasteiger charge is 2.41. The second kappa shape index (κ2) is 8.95. The minimum absolute atomic E-state index is 0.0208. The van der Waals surface area contributed by atoms with Crippen molar-refractivity contribution >= 4 is 11.8 Å². The van der Waals surface area contributed by atoms with Gasteiger partial charge in [0, 0.05) is 25.6 Å². The van der Waals surface area contributed by atoms with Crippen molar-refractivity contribution in [2.45, 2.75) is 25.7 Å². The van der Waals surface area contributed by atoms with E-state index in [2.05, 4.69) is 5.32 Å². The summed E-state index contributed by atoms with van der Waals surface area (Å²) in [5.41, 5.74) is 0.645. The Morgan fingerprint density at radius 1 is 1.11 bits per heavy atom. The summed E-state index contributed by atoms with van der Waals surface area (Å²) in [4.78, 5) is 27.0. The first kappa shape index (κ1) is 20.0. The molecule has 2 atom stereocenters. The highest BCUT2D eigenvalue weighted by Crippen LogP contribution is 2.34. The van der Waals surface area contributed by atoms with Gasteiger partial charge in [0.15, 0.2) is 0 Å². The van der Waals surface area contributed by atoms with Gasteiger partial charge in [-0.25, -0.2) is 8.78 Å². The lowest BCUT2D eigenvalue weighted by Crippen LogP contribution is -2.36. The smallest absolute Gasteiger partial charge is 0.256 e. The number of hydrogen-bond donors (Lipinski definition) is 1. The lowest BCUT2D eigenvalue weighted by atomic mass is 9.88. The molecule has 0 saturated carbocycles. The number of rotatable bonds is 6. The van der Waals surface area contributed by atoms with Gasteiger partial charge < -0.3 is 10.2 Å². The van der Waals surface area contributed by atoms with Crippen LogP contribution in [0.1, 0.15) is 41.6 Å². The number of likely N-dealkylation sites (tertiary alicyclic amines) is 1. The highest BCUT2D eigenvalue weighted by molar-refractivity contribution is 5.95. The Hall–Kier alpha value is -2.76. The highest BCUT2D eigenvalue weighted by atomic mass is 19.1. The molecule has 0 aliphatic carbocycles. The number of carbonyl (C=O) groups is 2. The van der Waals surface area contributed by atoms with Gasteiger partial charge in [0.2, 0.25) is 5.91 Å². The third-order valence-corrected chi connectivity index (χ3v) is 5.15. The van der Waals surface area contributed by atoms with E-state index in [4.69, 9.17) is 0 Å². The molecule has 4 nitrogen and oxygen atoms in total. The Labute approximate surface area is 163 Å². The van der Waals surface area contributed by atoms with Crippen molar-refractivity contribution in [3.05, 3.63) is 71.3 Å². The van der Waals surface area contributed by atoms with Gasteiger partial charge >= 0.3 is 0 Å². The Kier molecular flexibility index (Phi) is 6.39. The van der Waals surface area contributed by atoms with E-state index >= 15 is 0 Å². The molecular formula is C22H24F2N2O2. The second-order valence-corrected chi connectivity index (χ2v) is 7.10. The van der Waals surface area contributed by atoms with Gasteiger partial charge in [-0.05, 0) is 36.2 Å². The molecule has 2 aromatic carbocycles. The van der Waals surface area contributed by atoms with E-state index in [1.165, 1.54) is 35.2 Å². The fraction of sp³-hybridized carbons (Fsp3) is 0.364. The van der Waals surface area contributed by atoms with Crippen molar-refractivity contribution < 1.29 is 18.4 Å². The molecule has 2 aromatic rings. The summed E-state index contributed by atoms with van der Waals surface area (Å²) in [5.74, 6) is -2.44. The Balaban J connectivity index is 1.84. The van der Waals surface area contributed by atoms with Crippen LogP contribution < -0.4 is 5.32 Å². The fourth-order valence-corrected chi connectivity index (χ4v) is 3.63. The van der Waals surface area contributed by atoms with Crippen LogP contribution in [0.2, 0.25) is 0 Å². The van der Waals surface area contributed by atoms with E-state index in [9.17, 15) is 18.4 Å². The van der Waals surface area contributed by atoms with Crippen molar-refractivity contribution in [1.29, 1.82) is 0 Å². The number of unbranched alkanes of at least 4 members (excludes halogenated alkanes) is 1. The van der Waals surface area contributed by atoms with Crippen molar-refractivity contribution in [2.75, 3.05) is 19.6 Å². The normalized spacial score (nSPS) is 18.9. The lowest BCUT2D eigenvalue weighted by molar-refractivity contribution is -0.124. The average Bonchev–Trinajstić information content (AvgIpc) is 3.13. The minimum atomic E-state index is -0.592. The number of amides is 2. The van der Waals surface area contributed by atoms with E-state index in [1.807, 2.05) is 6.92 Å². The standard InChI is InChI=1S/C22H24F2N2O2/c1-2-3-11-25-21(27)19-14-26(22(28)17-9-4-5-10-20(17)24)13-18(19)15-7-6-8-16(23)12-15/h4-10,12,18-19H,2-3,11,13-14H2,1H3,(H,25,27). The van der Waals surface area contributed by atoms with Gasteiger partial charge in [-0.15, -0.1) is 0 Å². The zero-order valence-electron chi connectivity index (χ0n) is 15.8. The zero-order chi connectivity index (χ0) is 20.1. The second-order valence-electron chi connectivity index (χ2n) is 7.10. The summed E-state index contributed by atoms with van der Waals surface area (Å²) in [7, 11) is 0. The summed E-state index contributed by atoms with van der Waals surface area (Å²) in [6.45, 7) is 3.00. The SMILES string of the molecule is CCCCNC(=O)C1CN(C(=O)c2ccccc2F)CC1c1cccc(F)c1. The van der Waals surface area contributed by atoms with Crippen LogP contribution >= 0.6 is 0 Å². The molecule has 28 heavy (non-hydrogen) atoms. The Bertz CT molecular complexity index is 856. The Morgan fingerprint density at radius 2 is 1.89 bits per heavy atom. The third-order valence-electron chi connectivity index (χ3n) is 5.15. The molecule has 3 rings (SSSR count). The van der Waals surface area contributed by atoms with Crippen LogP contribution in [0.3, 0.4) is 0 Å². The topological polar surface area (TPSA) is 49.4 Å². The van der Waals surface area contributed by atoms with Crippen molar-refractivity contribution in [3.8, 4) is 0 Å². The first-order valence-corrected chi connectivity index (χ1v) is 9.58. The molecule has 1 saturated heterocycles. The van der Waals surface area contributed by atoms with Gasteiger partial charge in [-0.2, -0.15) is 0 Å². The largest absolute Gasteiger partial charge is 0.356 e. The molecule has 1 aliphatic rings. The van der Waals surface area contributed by atoms with Crippen molar-refractivity contribution in [1.82, 2.24) is 10.2 Å². The van der Waals surface area contributed by atoms with Crippen LogP contribution in [-0.4, -0.2) is 36.3 Å². The van der Waals surface area contributed by atoms with Crippen molar-refractivity contribution in [2.24, 2.45) is 5.92 Å². The molecule has 6 heteroatoms. The summed E-state index contributed by atoms with van der Waals surface area (Å²) in [6.07, 6.45) is 1.82. The van der Waals surface area contributed by atoms with E-state index in [0.29, 0.717) is 12.1 Å². The molecular weight excluding hydrogens is 362 g/mol. The average molecular weight is 386 g/mol. The van der Waals surface area contributed by atoms with Gasteiger partial charge in [0.25, 0.3) is 5.91 Å². The summed E-state index contributed by atoms with van der Waals surface area (Å²) >= 11 is 0. The number of carbonyl (C=O) groups excluding carboxylic acids is 2. The first-order valence-electron chi connectivity index (χ1n) is 9.58. The number of nitrogens with one attached hydrogen (secondary N) is 1. The maximum atomic E-state index is 14.1. The molecule has 148 valence electrons.